The van der Waals surface area contributed by atoms with Crippen molar-refractivity contribution in [3.05, 3.63) is 11.9 Å². The summed E-state index contributed by atoms with van der Waals surface area (Å²) in [6.45, 7) is 1.02. The van der Waals surface area contributed by atoms with Gasteiger partial charge in [0.05, 0.1) is 0 Å². The van der Waals surface area contributed by atoms with Crippen LogP contribution in [0, 0.1) is 0 Å². The van der Waals surface area contributed by atoms with Crippen molar-refractivity contribution in [3.8, 4) is 0 Å². The summed E-state index contributed by atoms with van der Waals surface area (Å²) in [6, 6.07) is 1.71. The van der Waals surface area contributed by atoms with E-state index in [1.54, 1.807) is 19.4 Å². The van der Waals surface area contributed by atoms with Crippen LogP contribution in [0.15, 0.2) is 6.07 Å². The minimum absolute atomic E-state index is 0.323. The fourth-order valence-corrected chi connectivity index (χ4v) is 1.90. The third kappa shape index (κ3) is 5.39. The average Bonchev–Trinajstić information content (AvgIpc) is 2.34. The van der Waals surface area contributed by atoms with Gasteiger partial charge in [0.15, 0.2) is 5.82 Å². The summed E-state index contributed by atoms with van der Waals surface area (Å²) in [5, 5.41) is 3.14. The van der Waals surface area contributed by atoms with Crippen LogP contribution in [0.1, 0.15) is 12.2 Å². The quantitative estimate of drug-likeness (QED) is 0.350. The maximum Gasteiger partial charge on any atom is 0.158 e. The Kier molecular flexibility index (Phi) is 6.55. The minimum atomic E-state index is -0.762. The Morgan fingerprint density at radius 2 is 2.17 bits per heavy atom. The summed E-state index contributed by atoms with van der Waals surface area (Å²) in [7, 11) is 0.817. The van der Waals surface area contributed by atoms with Crippen LogP contribution in [0.3, 0.4) is 0 Å². The molecule has 0 aliphatic heterocycles. The molecular weight excluding hydrogens is 254 g/mol. The first-order chi connectivity index (χ1) is 8.65. The largest absolute Gasteiger partial charge is 0.377 e. The number of rotatable bonds is 8. The van der Waals surface area contributed by atoms with Gasteiger partial charge in [-0.2, -0.15) is 0 Å². The Hall–Kier alpha value is -1.25. The number of hydrogen-bond donors (Lipinski definition) is 3. The Morgan fingerprint density at radius 1 is 1.44 bits per heavy atom. The van der Waals surface area contributed by atoms with Gasteiger partial charge in [-0.3, -0.25) is 4.21 Å². The van der Waals surface area contributed by atoms with Crippen molar-refractivity contribution < 1.29 is 8.95 Å². The summed E-state index contributed by atoms with van der Waals surface area (Å²) < 4.78 is 15.9. The molecule has 102 valence electrons. The maximum absolute atomic E-state index is 10.9. The van der Waals surface area contributed by atoms with Crippen LogP contribution >= 0.6 is 0 Å². The van der Waals surface area contributed by atoms with Crippen LogP contribution in [0.25, 0.3) is 0 Å². The van der Waals surface area contributed by atoms with E-state index in [2.05, 4.69) is 20.7 Å². The second-order valence-electron chi connectivity index (χ2n) is 3.69. The topological polar surface area (TPSA) is 102 Å². The molecule has 1 atom stereocenters. The predicted molar refractivity (Wildman–Crippen MR) is 72.6 cm³/mol. The molecule has 1 rings (SSSR count). The van der Waals surface area contributed by atoms with Gasteiger partial charge in [-0.15, -0.1) is 0 Å². The molecule has 0 saturated carbocycles. The molecule has 0 aromatic carbocycles. The van der Waals surface area contributed by atoms with Crippen molar-refractivity contribution in [1.29, 1.82) is 0 Å². The summed E-state index contributed by atoms with van der Waals surface area (Å²) in [4.78, 5) is 8.41. The number of ether oxygens (including phenoxy) is 1. The van der Waals surface area contributed by atoms with E-state index >= 15 is 0 Å². The van der Waals surface area contributed by atoms with Gasteiger partial charge >= 0.3 is 0 Å². The first-order valence-corrected chi connectivity index (χ1v) is 7.26. The first kappa shape index (κ1) is 14.8. The second-order valence-corrected chi connectivity index (χ2v) is 5.24. The van der Waals surface area contributed by atoms with Gasteiger partial charge in [0.1, 0.15) is 18.2 Å². The SMILES string of the molecule is COCc1nc(NN)cc(NCCCS(C)=O)n1. The van der Waals surface area contributed by atoms with Gasteiger partial charge < -0.3 is 15.5 Å². The fraction of sp³-hybridized carbons (Fsp3) is 0.600. The number of anilines is 2. The highest BCUT2D eigenvalue weighted by Crippen LogP contribution is 2.10. The number of hydrazine groups is 1. The molecule has 0 bridgehead atoms. The van der Waals surface area contributed by atoms with Crippen molar-refractivity contribution in [2.45, 2.75) is 13.0 Å². The molecule has 0 aliphatic rings. The molecule has 8 heteroatoms. The minimum Gasteiger partial charge on any atom is -0.377 e. The van der Waals surface area contributed by atoms with Crippen LogP contribution in [0.4, 0.5) is 11.6 Å². The van der Waals surface area contributed by atoms with Crippen molar-refractivity contribution in [1.82, 2.24) is 9.97 Å². The molecule has 1 heterocycles. The van der Waals surface area contributed by atoms with Crippen molar-refractivity contribution in [2.75, 3.05) is 36.4 Å². The van der Waals surface area contributed by atoms with Crippen LogP contribution in [-0.4, -0.2) is 39.8 Å². The van der Waals surface area contributed by atoms with Crippen molar-refractivity contribution in [2.24, 2.45) is 5.84 Å². The number of nitrogens with two attached hydrogens (primary N) is 1. The summed E-state index contributed by atoms with van der Waals surface area (Å²) >= 11 is 0. The van der Waals surface area contributed by atoms with Gasteiger partial charge in [0.2, 0.25) is 0 Å². The summed E-state index contributed by atoms with van der Waals surface area (Å²) in [5.41, 5.74) is 2.48. The number of nitrogens with zero attached hydrogens (tertiary/aromatic N) is 2. The van der Waals surface area contributed by atoms with E-state index in [1.165, 1.54) is 0 Å². The van der Waals surface area contributed by atoms with E-state index in [0.29, 0.717) is 36.4 Å². The van der Waals surface area contributed by atoms with E-state index in [-0.39, 0.29) is 0 Å². The van der Waals surface area contributed by atoms with Crippen LogP contribution in [0.2, 0.25) is 0 Å². The molecule has 0 saturated heterocycles. The number of nitrogen functional groups attached to an aromatic ring is 1. The maximum atomic E-state index is 10.9. The van der Waals surface area contributed by atoms with E-state index < -0.39 is 10.8 Å². The van der Waals surface area contributed by atoms with E-state index in [0.717, 1.165) is 6.42 Å². The zero-order valence-electron chi connectivity index (χ0n) is 10.6. The van der Waals surface area contributed by atoms with E-state index in [4.69, 9.17) is 10.6 Å². The summed E-state index contributed by atoms with van der Waals surface area (Å²) in [6.07, 6.45) is 2.51. The Labute approximate surface area is 109 Å². The van der Waals surface area contributed by atoms with Crippen LogP contribution in [0.5, 0.6) is 0 Å². The second kappa shape index (κ2) is 7.96. The fourth-order valence-electron chi connectivity index (χ4n) is 1.35. The van der Waals surface area contributed by atoms with Crippen LogP contribution < -0.4 is 16.6 Å². The molecule has 18 heavy (non-hydrogen) atoms. The number of nitrogens with one attached hydrogen (secondary N) is 2. The lowest BCUT2D eigenvalue weighted by Gasteiger charge is -2.09. The van der Waals surface area contributed by atoms with Gasteiger partial charge in [0.25, 0.3) is 0 Å². The summed E-state index contributed by atoms with van der Waals surface area (Å²) in [5.74, 6) is 7.75. The van der Waals surface area contributed by atoms with E-state index in [1.807, 2.05) is 0 Å². The van der Waals surface area contributed by atoms with Gasteiger partial charge in [-0.1, -0.05) is 0 Å². The third-order valence-corrected chi connectivity index (χ3v) is 2.97. The number of methoxy groups -OCH3 is 1. The highest BCUT2D eigenvalue weighted by Gasteiger charge is 2.03. The Morgan fingerprint density at radius 3 is 2.78 bits per heavy atom. The molecule has 0 spiro atoms. The van der Waals surface area contributed by atoms with Crippen molar-refractivity contribution >= 4 is 22.4 Å². The average molecular weight is 273 g/mol. The molecule has 7 nitrogen and oxygen atoms in total. The molecule has 0 amide bonds. The highest BCUT2D eigenvalue weighted by molar-refractivity contribution is 7.84. The smallest absolute Gasteiger partial charge is 0.158 e. The lowest BCUT2D eigenvalue weighted by Crippen LogP contribution is -2.13. The Balaban J connectivity index is 2.57. The number of aromatic nitrogens is 2. The molecule has 1 aromatic rings. The Bertz CT molecular complexity index is 402. The molecular formula is C10H19N5O2S. The van der Waals surface area contributed by atoms with Gasteiger partial charge in [-0.05, 0) is 6.42 Å². The molecule has 0 fully saturated rings. The molecule has 1 unspecified atom stereocenters. The van der Waals surface area contributed by atoms with Gasteiger partial charge in [-0.25, -0.2) is 15.8 Å². The van der Waals surface area contributed by atoms with Crippen LogP contribution in [-0.2, 0) is 22.1 Å². The molecule has 0 aliphatic carbocycles. The normalized spacial score (nSPS) is 12.2. The van der Waals surface area contributed by atoms with Gasteiger partial charge in [0, 0.05) is 42.5 Å². The standard InChI is InChI=1S/C10H19N5O2S/c1-17-7-10-13-8(6-9(14-10)15-11)12-4-3-5-18(2)16/h6H,3-5,7,11H2,1-2H3,(H2,12,13,14,15). The molecule has 4 N–H and O–H groups in total. The predicted octanol–water partition coefficient (Wildman–Crippen LogP) is 0.0891. The lowest BCUT2D eigenvalue weighted by molar-refractivity contribution is 0.178. The first-order valence-electron chi connectivity index (χ1n) is 5.53. The van der Waals surface area contributed by atoms with Crippen molar-refractivity contribution in [3.63, 3.8) is 0 Å². The zero-order chi connectivity index (χ0) is 13.4. The molecule has 1 aromatic heterocycles. The van der Waals surface area contributed by atoms with E-state index in [9.17, 15) is 4.21 Å². The zero-order valence-corrected chi connectivity index (χ0v) is 11.4. The number of hydrogen-bond acceptors (Lipinski definition) is 7. The monoisotopic (exact) mass is 273 g/mol. The third-order valence-electron chi connectivity index (χ3n) is 2.11. The highest BCUT2D eigenvalue weighted by atomic mass is 32.2. The molecule has 0 radical (unpaired) electrons. The lowest BCUT2D eigenvalue weighted by atomic mass is 10.4.